The Morgan fingerprint density at radius 1 is 0.833 bits per heavy atom. The Morgan fingerprint density at radius 2 is 1.22 bits per heavy atom. The maximum Gasteiger partial charge on any atom is -0.0227 e. The zero-order chi connectivity index (χ0) is 13.4. The molecule has 0 saturated carbocycles. The summed E-state index contributed by atoms with van der Waals surface area (Å²) in [5.74, 6) is 1.57. The summed E-state index contributed by atoms with van der Waals surface area (Å²) in [6, 6.07) is 8.77. The summed E-state index contributed by atoms with van der Waals surface area (Å²) in [4.78, 5) is 0. The zero-order valence-electron chi connectivity index (χ0n) is 12.4. The Balaban J connectivity index is 2.92. The van der Waals surface area contributed by atoms with Crippen LogP contribution in [0.3, 0.4) is 0 Å². The lowest BCUT2D eigenvalue weighted by Gasteiger charge is -2.04. The van der Waals surface area contributed by atoms with E-state index >= 15 is 0 Å². The lowest BCUT2D eigenvalue weighted by molar-refractivity contribution is 0.583. The average Bonchev–Trinajstić information content (AvgIpc) is 2.42. The lowest BCUT2D eigenvalue weighted by atomic mass is 10.0. The van der Waals surface area contributed by atoms with E-state index in [-0.39, 0.29) is 0 Å². The first-order chi connectivity index (χ1) is 8.67. The summed E-state index contributed by atoms with van der Waals surface area (Å²) in [6.45, 7) is 9.17. The van der Waals surface area contributed by atoms with E-state index in [1.165, 1.54) is 36.1 Å². The predicted octanol–water partition coefficient (Wildman–Crippen LogP) is 4.12. The first kappa shape index (κ1) is 15.0. The molecule has 0 heteroatoms. The van der Waals surface area contributed by atoms with Crippen LogP contribution in [0.2, 0.25) is 0 Å². The highest BCUT2D eigenvalue weighted by Crippen LogP contribution is 2.07. The van der Waals surface area contributed by atoms with Gasteiger partial charge in [0.25, 0.3) is 0 Å². The number of hydrogen-bond donors (Lipinski definition) is 0. The lowest BCUT2D eigenvalue weighted by Crippen LogP contribution is -2.24. The molecule has 2 unspecified atom stereocenters. The summed E-state index contributed by atoms with van der Waals surface area (Å²) in [5, 5.41) is 2.81. The minimum absolute atomic E-state index is 0.785. The van der Waals surface area contributed by atoms with Gasteiger partial charge in [-0.3, -0.25) is 0 Å². The second kappa shape index (κ2) is 8.13. The Morgan fingerprint density at radius 3 is 1.56 bits per heavy atom. The van der Waals surface area contributed by atoms with Gasteiger partial charge in [0.2, 0.25) is 0 Å². The molecular formula is C18H28. The smallest absolute Gasteiger partial charge is 0.0227 e. The minimum Gasteiger partial charge on any atom is -0.0764 e. The van der Waals surface area contributed by atoms with Gasteiger partial charge in [-0.2, -0.15) is 0 Å². The maximum absolute atomic E-state index is 2.40. The van der Waals surface area contributed by atoms with Crippen LogP contribution in [0.25, 0.3) is 12.2 Å². The van der Waals surface area contributed by atoms with Crippen LogP contribution in [0.4, 0.5) is 0 Å². The fourth-order valence-electron chi connectivity index (χ4n) is 1.87. The van der Waals surface area contributed by atoms with Crippen LogP contribution in [-0.4, -0.2) is 0 Å². The van der Waals surface area contributed by atoms with Gasteiger partial charge < -0.3 is 0 Å². The highest BCUT2D eigenvalue weighted by Gasteiger charge is 1.96. The minimum atomic E-state index is 0.785. The SMILES string of the molecule is CCC(C)CC=c1ccccc1=CCC(C)CC. The van der Waals surface area contributed by atoms with Gasteiger partial charge in [-0.15, -0.1) is 0 Å². The molecule has 0 spiro atoms. The maximum atomic E-state index is 2.40. The highest BCUT2D eigenvalue weighted by atomic mass is 14.0. The normalized spacial score (nSPS) is 16.9. The van der Waals surface area contributed by atoms with Gasteiger partial charge in [0.15, 0.2) is 0 Å². The Kier molecular flexibility index (Phi) is 6.78. The third kappa shape index (κ3) is 5.08. The predicted molar refractivity (Wildman–Crippen MR) is 82.8 cm³/mol. The quantitative estimate of drug-likeness (QED) is 0.706. The molecule has 2 atom stereocenters. The third-order valence-corrected chi connectivity index (χ3v) is 3.87. The molecule has 0 fully saturated rings. The summed E-state index contributed by atoms with van der Waals surface area (Å²) in [7, 11) is 0. The van der Waals surface area contributed by atoms with Crippen LogP contribution in [0.1, 0.15) is 53.4 Å². The molecule has 0 radical (unpaired) electrons. The van der Waals surface area contributed by atoms with Gasteiger partial charge in [0, 0.05) is 0 Å². The van der Waals surface area contributed by atoms with Crippen LogP contribution in [-0.2, 0) is 0 Å². The van der Waals surface area contributed by atoms with Crippen molar-refractivity contribution in [2.24, 2.45) is 11.8 Å². The number of benzene rings is 1. The molecule has 1 aromatic carbocycles. The van der Waals surface area contributed by atoms with Crippen molar-refractivity contribution >= 4 is 12.2 Å². The van der Waals surface area contributed by atoms with Gasteiger partial charge in [-0.1, -0.05) is 77.0 Å². The van der Waals surface area contributed by atoms with E-state index < -0.39 is 0 Å². The fraction of sp³-hybridized carbons (Fsp3) is 0.556. The van der Waals surface area contributed by atoms with Crippen molar-refractivity contribution in [3.05, 3.63) is 34.7 Å². The van der Waals surface area contributed by atoms with E-state index in [4.69, 9.17) is 0 Å². The Hall–Kier alpha value is -1.04. The van der Waals surface area contributed by atoms with Crippen LogP contribution in [0.5, 0.6) is 0 Å². The molecule has 0 aliphatic carbocycles. The largest absolute Gasteiger partial charge is 0.0764 e. The van der Waals surface area contributed by atoms with Gasteiger partial charge >= 0.3 is 0 Å². The topological polar surface area (TPSA) is 0 Å². The monoisotopic (exact) mass is 244 g/mol. The fourth-order valence-corrected chi connectivity index (χ4v) is 1.87. The molecule has 0 heterocycles. The second-order valence-corrected chi connectivity index (χ2v) is 5.54. The van der Waals surface area contributed by atoms with E-state index in [1.54, 1.807) is 0 Å². The van der Waals surface area contributed by atoms with Gasteiger partial charge in [-0.25, -0.2) is 0 Å². The molecule has 1 aromatic rings. The highest BCUT2D eigenvalue weighted by molar-refractivity contribution is 5.32. The molecule has 0 aromatic heterocycles. The average molecular weight is 244 g/mol. The first-order valence-corrected chi connectivity index (χ1v) is 7.42. The molecule has 0 aliphatic heterocycles. The van der Waals surface area contributed by atoms with E-state index in [0.29, 0.717) is 0 Å². The Bertz CT molecular complexity index is 398. The van der Waals surface area contributed by atoms with Crippen molar-refractivity contribution in [1.29, 1.82) is 0 Å². The Labute approximate surface area is 112 Å². The molecule has 18 heavy (non-hydrogen) atoms. The van der Waals surface area contributed by atoms with Crippen molar-refractivity contribution in [2.75, 3.05) is 0 Å². The van der Waals surface area contributed by atoms with E-state index in [9.17, 15) is 0 Å². The van der Waals surface area contributed by atoms with E-state index in [0.717, 1.165) is 11.8 Å². The van der Waals surface area contributed by atoms with Gasteiger partial charge in [-0.05, 0) is 35.1 Å². The van der Waals surface area contributed by atoms with Crippen LogP contribution in [0.15, 0.2) is 24.3 Å². The summed E-state index contributed by atoms with van der Waals surface area (Å²) in [5.41, 5.74) is 0. The number of rotatable bonds is 6. The van der Waals surface area contributed by atoms with Crippen LogP contribution >= 0.6 is 0 Å². The molecule has 0 aliphatic rings. The van der Waals surface area contributed by atoms with Gasteiger partial charge in [0.05, 0.1) is 0 Å². The second-order valence-electron chi connectivity index (χ2n) is 5.54. The molecule has 100 valence electrons. The van der Waals surface area contributed by atoms with Crippen molar-refractivity contribution in [2.45, 2.75) is 53.4 Å². The summed E-state index contributed by atoms with van der Waals surface area (Å²) >= 11 is 0. The van der Waals surface area contributed by atoms with E-state index in [2.05, 4.69) is 64.1 Å². The molecular weight excluding hydrogens is 216 g/mol. The standard InChI is InChI=1S/C18H28/c1-5-15(3)11-13-17-9-7-8-10-18(17)14-12-16(4)6-2/h7-10,13-16H,5-6,11-12H2,1-4H3. The molecule has 0 nitrogen and oxygen atoms in total. The molecule has 0 bridgehead atoms. The van der Waals surface area contributed by atoms with Gasteiger partial charge in [0.1, 0.15) is 0 Å². The first-order valence-electron chi connectivity index (χ1n) is 7.42. The number of hydrogen-bond acceptors (Lipinski definition) is 0. The summed E-state index contributed by atoms with van der Waals surface area (Å²) < 4.78 is 0. The third-order valence-electron chi connectivity index (χ3n) is 3.87. The molecule has 0 amide bonds. The molecule has 0 saturated heterocycles. The molecule has 0 N–H and O–H groups in total. The zero-order valence-corrected chi connectivity index (χ0v) is 12.4. The van der Waals surface area contributed by atoms with E-state index in [1.807, 2.05) is 0 Å². The van der Waals surface area contributed by atoms with Crippen LogP contribution < -0.4 is 10.4 Å². The molecule has 1 rings (SSSR count). The van der Waals surface area contributed by atoms with Crippen molar-refractivity contribution < 1.29 is 0 Å². The summed E-state index contributed by atoms with van der Waals surface area (Å²) in [6.07, 6.45) is 9.69. The van der Waals surface area contributed by atoms with Crippen molar-refractivity contribution in [1.82, 2.24) is 0 Å². The van der Waals surface area contributed by atoms with Crippen molar-refractivity contribution in [3.8, 4) is 0 Å². The van der Waals surface area contributed by atoms with Crippen LogP contribution in [0, 0.1) is 11.8 Å². The van der Waals surface area contributed by atoms with Crippen molar-refractivity contribution in [3.63, 3.8) is 0 Å².